The largest absolute Gasteiger partial charge is 0.337 e. The van der Waals surface area contributed by atoms with E-state index in [-0.39, 0.29) is 11.5 Å². The number of H-pyrrole nitrogens is 1. The number of carbonyl (C=O) groups is 1. The van der Waals surface area contributed by atoms with E-state index in [9.17, 15) is 9.59 Å². The summed E-state index contributed by atoms with van der Waals surface area (Å²) in [5.41, 5.74) is 1.93. The van der Waals surface area contributed by atoms with E-state index in [1.165, 1.54) is 0 Å². The van der Waals surface area contributed by atoms with Gasteiger partial charge in [0, 0.05) is 25.8 Å². The van der Waals surface area contributed by atoms with Crippen LogP contribution in [0.25, 0.3) is 16.6 Å². The molecule has 0 radical (unpaired) electrons. The zero-order valence-electron chi connectivity index (χ0n) is 12.7. The maximum Gasteiger partial charge on any atom is 0.258 e. The second-order valence-corrected chi connectivity index (χ2v) is 5.85. The van der Waals surface area contributed by atoms with E-state index < -0.39 is 0 Å². The van der Waals surface area contributed by atoms with Crippen molar-refractivity contribution in [1.82, 2.24) is 19.6 Å². The summed E-state index contributed by atoms with van der Waals surface area (Å²) >= 11 is 0. The van der Waals surface area contributed by atoms with E-state index in [1.54, 1.807) is 12.1 Å². The molecule has 0 bridgehead atoms. The van der Waals surface area contributed by atoms with Gasteiger partial charge in [0.05, 0.1) is 16.5 Å². The van der Waals surface area contributed by atoms with Crippen molar-refractivity contribution in [3.63, 3.8) is 0 Å². The minimum absolute atomic E-state index is 0.0160. The van der Waals surface area contributed by atoms with Crippen LogP contribution in [0.5, 0.6) is 0 Å². The first-order valence-electron chi connectivity index (χ1n) is 7.87. The zero-order valence-corrected chi connectivity index (χ0v) is 12.7. The summed E-state index contributed by atoms with van der Waals surface area (Å²) in [6.07, 6.45) is 2.77. The fraction of sp³-hybridized carbons (Fsp3) is 0.294. The van der Waals surface area contributed by atoms with Gasteiger partial charge < -0.3 is 19.6 Å². The summed E-state index contributed by atoms with van der Waals surface area (Å²) in [5.74, 6) is 0.0160. The Morgan fingerprint density at radius 3 is 2.91 bits per heavy atom. The molecule has 0 saturated carbocycles. The molecule has 0 unspecified atom stereocenters. The molecule has 3 heterocycles. The molecule has 1 fully saturated rings. The van der Waals surface area contributed by atoms with E-state index in [4.69, 9.17) is 0 Å². The Bertz CT molecular complexity index is 933. The molecule has 1 aliphatic rings. The lowest BCUT2D eigenvalue weighted by Gasteiger charge is -2.18. The van der Waals surface area contributed by atoms with Crippen molar-refractivity contribution in [2.75, 3.05) is 26.2 Å². The first-order chi connectivity index (χ1) is 11.2. The molecular formula is C17H18N4O2. The van der Waals surface area contributed by atoms with Crippen LogP contribution in [0.4, 0.5) is 0 Å². The molecule has 2 aromatic heterocycles. The standard InChI is InChI=1S/C17H18N4O2/c22-16-13-4-1-2-5-14(13)21-11-12(10-15(21)19-16)17(23)20-8-3-6-18-7-9-20/h1-2,4-5,10-11,18H,3,6-9H2,(H,19,22). The molecular weight excluding hydrogens is 292 g/mol. The summed E-state index contributed by atoms with van der Waals surface area (Å²) < 4.78 is 1.88. The maximum atomic E-state index is 12.7. The molecule has 1 amide bonds. The van der Waals surface area contributed by atoms with E-state index in [2.05, 4.69) is 10.3 Å². The van der Waals surface area contributed by atoms with Crippen LogP contribution in [0.3, 0.4) is 0 Å². The number of rotatable bonds is 1. The smallest absolute Gasteiger partial charge is 0.258 e. The highest BCUT2D eigenvalue weighted by atomic mass is 16.2. The van der Waals surface area contributed by atoms with Gasteiger partial charge >= 0.3 is 0 Å². The lowest BCUT2D eigenvalue weighted by Crippen LogP contribution is -2.33. The number of hydrogen-bond acceptors (Lipinski definition) is 3. The monoisotopic (exact) mass is 310 g/mol. The van der Waals surface area contributed by atoms with Crippen LogP contribution >= 0.6 is 0 Å². The van der Waals surface area contributed by atoms with Crippen LogP contribution in [-0.4, -0.2) is 46.4 Å². The average molecular weight is 310 g/mol. The van der Waals surface area contributed by atoms with Crippen LogP contribution in [-0.2, 0) is 0 Å². The minimum Gasteiger partial charge on any atom is -0.337 e. The summed E-state index contributed by atoms with van der Waals surface area (Å²) in [4.78, 5) is 29.6. The van der Waals surface area contributed by atoms with Crippen molar-refractivity contribution >= 4 is 22.5 Å². The average Bonchev–Trinajstić information content (AvgIpc) is 2.81. The number of hydrogen-bond donors (Lipinski definition) is 2. The fourth-order valence-electron chi connectivity index (χ4n) is 3.17. The Balaban J connectivity index is 1.81. The molecule has 6 nitrogen and oxygen atoms in total. The van der Waals surface area contributed by atoms with E-state index >= 15 is 0 Å². The van der Waals surface area contributed by atoms with Gasteiger partial charge in [-0.25, -0.2) is 0 Å². The summed E-state index contributed by atoms with van der Waals surface area (Å²) in [7, 11) is 0. The van der Waals surface area contributed by atoms with Crippen LogP contribution in [0.2, 0.25) is 0 Å². The zero-order chi connectivity index (χ0) is 15.8. The van der Waals surface area contributed by atoms with Crippen molar-refractivity contribution in [2.24, 2.45) is 0 Å². The Morgan fingerprint density at radius 1 is 1.13 bits per heavy atom. The predicted molar refractivity (Wildman–Crippen MR) is 88.9 cm³/mol. The highest BCUT2D eigenvalue weighted by Crippen LogP contribution is 2.16. The Kier molecular flexibility index (Phi) is 3.38. The number of amides is 1. The van der Waals surface area contributed by atoms with Gasteiger partial charge in [-0.1, -0.05) is 12.1 Å². The number of nitrogens with zero attached hydrogens (tertiary/aromatic N) is 2. The highest BCUT2D eigenvalue weighted by Gasteiger charge is 2.19. The quantitative estimate of drug-likeness (QED) is 0.710. The van der Waals surface area contributed by atoms with Gasteiger partial charge in [0.1, 0.15) is 5.65 Å². The number of para-hydroxylation sites is 1. The summed E-state index contributed by atoms with van der Waals surface area (Å²) in [6, 6.07) is 9.16. The molecule has 3 aromatic rings. The third kappa shape index (κ3) is 2.41. The van der Waals surface area contributed by atoms with E-state index in [0.717, 1.165) is 31.6 Å². The molecule has 118 valence electrons. The summed E-state index contributed by atoms with van der Waals surface area (Å²) in [5, 5.41) is 3.91. The van der Waals surface area contributed by atoms with Gasteiger partial charge in [0.2, 0.25) is 0 Å². The number of fused-ring (bicyclic) bond motifs is 3. The second kappa shape index (κ2) is 5.55. The lowest BCUT2D eigenvalue weighted by molar-refractivity contribution is 0.0766. The number of aromatic amines is 1. The molecule has 1 aromatic carbocycles. The third-order valence-electron chi connectivity index (χ3n) is 4.34. The lowest BCUT2D eigenvalue weighted by atomic mass is 10.2. The van der Waals surface area contributed by atoms with Crippen molar-refractivity contribution in [3.05, 3.63) is 52.4 Å². The predicted octanol–water partition coefficient (Wildman–Crippen LogP) is 1.22. The number of nitrogens with one attached hydrogen (secondary N) is 2. The number of benzene rings is 1. The van der Waals surface area contributed by atoms with Crippen LogP contribution < -0.4 is 10.9 Å². The number of carbonyl (C=O) groups excluding carboxylic acids is 1. The molecule has 4 rings (SSSR count). The maximum absolute atomic E-state index is 12.7. The van der Waals surface area contributed by atoms with Gasteiger partial charge in [-0.2, -0.15) is 0 Å². The second-order valence-electron chi connectivity index (χ2n) is 5.85. The first-order valence-corrected chi connectivity index (χ1v) is 7.87. The van der Waals surface area contributed by atoms with Crippen molar-refractivity contribution < 1.29 is 4.79 Å². The van der Waals surface area contributed by atoms with E-state index in [1.807, 2.05) is 33.7 Å². The molecule has 0 spiro atoms. The van der Waals surface area contributed by atoms with Gasteiger partial charge in [0.15, 0.2) is 0 Å². The van der Waals surface area contributed by atoms with Crippen LogP contribution in [0.15, 0.2) is 41.3 Å². The Hall–Kier alpha value is -2.60. The topological polar surface area (TPSA) is 69.6 Å². The number of aromatic nitrogens is 2. The van der Waals surface area contributed by atoms with Crippen LogP contribution in [0, 0.1) is 0 Å². The molecule has 1 aliphatic heterocycles. The normalized spacial score (nSPS) is 15.9. The fourth-order valence-corrected chi connectivity index (χ4v) is 3.17. The summed E-state index contributed by atoms with van der Waals surface area (Å²) in [6.45, 7) is 3.23. The Morgan fingerprint density at radius 2 is 2.00 bits per heavy atom. The van der Waals surface area contributed by atoms with Gasteiger partial charge in [0.25, 0.3) is 11.5 Å². The molecule has 6 heteroatoms. The van der Waals surface area contributed by atoms with Crippen molar-refractivity contribution in [2.45, 2.75) is 6.42 Å². The molecule has 0 aliphatic carbocycles. The molecule has 23 heavy (non-hydrogen) atoms. The molecule has 1 saturated heterocycles. The van der Waals surface area contributed by atoms with E-state index in [0.29, 0.717) is 23.1 Å². The Labute approximate surface area is 132 Å². The minimum atomic E-state index is -0.135. The highest BCUT2D eigenvalue weighted by molar-refractivity contribution is 5.96. The van der Waals surface area contributed by atoms with Gasteiger partial charge in [-0.05, 0) is 31.2 Å². The SMILES string of the molecule is O=C(c1cc2[nH]c(=O)c3ccccc3n2c1)N1CCCNCC1. The first kappa shape index (κ1) is 14.0. The van der Waals surface area contributed by atoms with Crippen molar-refractivity contribution in [1.29, 1.82) is 0 Å². The molecule has 2 N–H and O–H groups in total. The van der Waals surface area contributed by atoms with Gasteiger partial charge in [-0.15, -0.1) is 0 Å². The van der Waals surface area contributed by atoms with Crippen LogP contribution in [0.1, 0.15) is 16.8 Å². The van der Waals surface area contributed by atoms with Crippen molar-refractivity contribution in [3.8, 4) is 0 Å². The third-order valence-corrected chi connectivity index (χ3v) is 4.34. The van der Waals surface area contributed by atoms with Gasteiger partial charge in [-0.3, -0.25) is 9.59 Å². The molecule has 0 atom stereocenters.